The van der Waals surface area contributed by atoms with E-state index in [0.717, 1.165) is 30.2 Å². The number of nitrogens with zero attached hydrogens (tertiary/aromatic N) is 1. The number of ether oxygens (including phenoxy) is 3. The highest BCUT2D eigenvalue weighted by molar-refractivity contribution is 5.96. The van der Waals surface area contributed by atoms with Gasteiger partial charge in [-0.3, -0.25) is 9.59 Å². The van der Waals surface area contributed by atoms with Crippen molar-refractivity contribution in [3.8, 4) is 28.5 Å². The molecule has 0 bridgehead atoms. The lowest BCUT2D eigenvalue weighted by Gasteiger charge is -2.26. The predicted octanol–water partition coefficient (Wildman–Crippen LogP) is 7.23. The first-order valence-corrected chi connectivity index (χ1v) is 18.2. The summed E-state index contributed by atoms with van der Waals surface area (Å²) in [4.78, 5) is 58.0. The molecule has 0 saturated heterocycles. The Bertz CT molecular complexity index is 2040. The van der Waals surface area contributed by atoms with Crippen molar-refractivity contribution in [2.24, 2.45) is 5.92 Å². The zero-order chi connectivity index (χ0) is 38.5. The zero-order valence-corrected chi connectivity index (χ0v) is 30.9. The van der Waals surface area contributed by atoms with Crippen molar-refractivity contribution in [3.63, 3.8) is 0 Å². The summed E-state index contributed by atoms with van der Waals surface area (Å²) in [5.74, 6) is -1.18. The molecule has 3 amide bonds. The smallest absolute Gasteiger partial charge is 0.408 e. The zero-order valence-electron chi connectivity index (χ0n) is 30.9. The van der Waals surface area contributed by atoms with Gasteiger partial charge in [-0.1, -0.05) is 67.5 Å². The molecule has 282 valence electrons. The summed E-state index contributed by atoms with van der Waals surface area (Å²) in [6.45, 7) is 5.18. The van der Waals surface area contributed by atoms with Crippen LogP contribution in [0.5, 0.6) is 17.2 Å². The van der Waals surface area contributed by atoms with Gasteiger partial charge in [-0.25, -0.2) is 14.6 Å². The number of methoxy groups -OCH3 is 1. The lowest BCUT2D eigenvalue weighted by molar-refractivity contribution is -0.144. The summed E-state index contributed by atoms with van der Waals surface area (Å²) in [5.41, 5.74) is 0.385. The van der Waals surface area contributed by atoms with Crippen LogP contribution < -0.4 is 25.4 Å². The van der Waals surface area contributed by atoms with E-state index in [-0.39, 0.29) is 12.3 Å². The van der Waals surface area contributed by atoms with E-state index in [0.29, 0.717) is 46.9 Å². The Kier molecular flexibility index (Phi) is 11.2. The quantitative estimate of drug-likeness (QED) is 0.143. The van der Waals surface area contributed by atoms with Crippen LogP contribution in [0.3, 0.4) is 0 Å². The van der Waals surface area contributed by atoms with Gasteiger partial charge in [0.05, 0.1) is 18.3 Å². The molecule has 1 saturated carbocycles. The van der Waals surface area contributed by atoms with Gasteiger partial charge >= 0.3 is 12.1 Å². The fourth-order valence-electron chi connectivity index (χ4n) is 6.56. The first-order chi connectivity index (χ1) is 25.8. The maximum absolute atomic E-state index is 14.0. The first kappa shape index (κ1) is 37.8. The number of fused-ring (bicyclic) bond motifs is 2. The highest BCUT2D eigenvalue weighted by Gasteiger charge is 2.61. The van der Waals surface area contributed by atoms with Crippen LogP contribution in [0.1, 0.15) is 70.9 Å². The maximum atomic E-state index is 14.0. The van der Waals surface area contributed by atoms with E-state index in [9.17, 15) is 24.3 Å². The maximum Gasteiger partial charge on any atom is 0.408 e. The third-order valence-electron chi connectivity index (χ3n) is 9.52. The molecule has 3 aromatic carbocycles. The number of rotatable bonds is 7. The van der Waals surface area contributed by atoms with Crippen LogP contribution in [-0.4, -0.2) is 58.3 Å². The normalized spacial score (nSPS) is 22.6. The van der Waals surface area contributed by atoms with E-state index in [1.54, 1.807) is 52.1 Å². The second kappa shape index (κ2) is 16.0. The summed E-state index contributed by atoms with van der Waals surface area (Å²) in [6.07, 6.45) is 6.56. The summed E-state index contributed by atoms with van der Waals surface area (Å²) in [5, 5.41) is 19.2. The summed E-state index contributed by atoms with van der Waals surface area (Å²) >= 11 is 0. The Balaban J connectivity index is 1.31. The van der Waals surface area contributed by atoms with Gasteiger partial charge < -0.3 is 35.3 Å². The van der Waals surface area contributed by atoms with Gasteiger partial charge in [0.2, 0.25) is 11.8 Å². The first-order valence-electron chi connectivity index (χ1n) is 18.2. The molecule has 6 rings (SSSR count). The van der Waals surface area contributed by atoms with Crippen LogP contribution >= 0.6 is 0 Å². The summed E-state index contributed by atoms with van der Waals surface area (Å²) < 4.78 is 17.3. The van der Waals surface area contributed by atoms with Crippen LogP contribution in [0.25, 0.3) is 22.2 Å². The lowest BCUT2D eigenvalue weighted by Crippen LogP contribution is -2.53. The number of hydrogen-bond acceptors (Lipinski definition) is 8. The highest BCUT2D eigenvalue weighted by Crippen LogP contribution is 2.45. The Morgan fingerprint density at radius 1 is 0.926 bits per heavy atom. The number of pyridine rings is 1. The van der Waals surface area contributed by atoms with Crippen LogP contribution in [0.4, 0.5) is 4.79 Å². The SMILES string of the molecule is COc1ccc2c(Oc3ccc([C@@H]4NC(=O)[C@@H](NC(=O)OC(C)(C)C)CCCCC/C=C/[C@@H]5C[C@@]5(C(=O)O)NC4=O)cc3)cc(-c3ccccc3)nc2c1. The molecule has 1 aliphatic heterocycles. The predicted molar refractivity (Wildman–Crippen MR) is 203 cm³/mol. The molecule has 4 atom stereocenters. The number of benzene rings is 3. The van der Waals surface area contributed by atoms with Crippen LogP contribution in [-0.2, 0) is 19.1 Å². The van der Waals surface area contributed by atoms with E-state index in [4.69, 9.17) is 19.2 Å². The largest absolute Gasteiger partial charge is 0.497 e. The Morgan fingerprint density at radius 2 is 1.67 bits per heavy atom. The minimum Gasteiger partial charge on any atom is -0.497 e. The number of carbonyl (C=O) groups is 4. The summed E-state index contributed by atoms with van der Waals surface area (Å²) in [6, 6.07) is 21.5. The molecule has 12 nitrogen and oxygen atoms in total. The molecule has 12 heteroatoms. The molecule has 1 fully saturated rings. The highest BCUT2D eigenvalue weighted by atomic mass is 16.6. The van der Waals surface area contributed by atoms with E-state index in [1.165, 1.54) is 0 Å². The number of carbonyl (C=O) groups excluding carboxylic acids is 3. The average Bonchev–Trinajstić information content (AvgIpc) is 3.85. The topological polar surface area (TPSA) is 165 Å². The van der Waals surface area contributed by atoms with Crippen LogP contribution in [0.2, 0.25) is 0 Å². The number of nitrogens with one attached hydrogen (secondary N) is 3. The summed E-state index contributed by atoms with van der Waals surface area (Å²) in [7, 11) is 1.59. The second-order valence-corrected chi connectivity index (χ2v) is 14.7. The van der Waals surface area contributed by atoms with Gasteiger partial charge in [-0.15, -0.1) is 0 Å². The number of alkyl carbamates (subject to hydrolysis) is 1. The standard InChI is InChI=1S/C42H46N4O8/c1-41(2,3)54-40(51)44-32-16-12-7-5-6-11-15-28-25-42(28,39(49)50)46-38(48)36(45-37(32)47)27-17-19-29(20-18-27)53-35-24-33(26-13-9-8-10-14-26)43-34-23-30(52-4)21-22-31(34)35/h8-11,13-15,17-24,28,32,36H,5-7,12,16,25H2,1-4H3,(H,44,51)(H,45,47)(H,46,48)(H,49,50)/b15-11+/t28-,32+,36+,42-/m1/s1. The molecule has 2 heterocycles. The molecule has 4 N–H and O–H groups in total. The third-order valence-corrected chi connectivity index (χ3v) is 9.52. The Labute approximate surface area is 314 Å². The number of carboxylic acid groups (broad SMARTS) is 1. The van der Waals surface area contributed by atoms with Gasteiger partial charge in [-0.2, -0.15) is 0 Å². The average molecular weight is 735 g/mol. The molecule has 0 radical (unpaired) electrons. The molecule has 2 aliphatic rings. The Morgan fingerprint density at radius 3 is 2.37 bits per heavy atom. The molecule has 0 spiro atoms. The second-order valence-electron chi connectivity index (χ2n) is 14.7. The lowest BCUT2D eigenvalue weighted by atomic mass is 10.0. The van der Waals surface area contributed by atoms with Gasteiger partial charge in [0, 0.05) is 29.0 Å². The number of hydrogen-bond donors (Lipinski definition) is 4. The molecule has 1 aromatic heterocycles. The fraction of sp³-hybridized carbons (Fsp3) is 0.357. The number of aromatic nitrogens is 1. The number of amides is 3. The van der Waals surface area contributed by atoms with Crippen molar-refractivity contribution in [2.75, 3.05) is 7.11 Å². The van der Waals surface area contributed by atoms with Gasteiger partial charge in [-0.05, 0) is 76.3 Å². The van der Waals surface area contributed by atoms with Gasteiger partial charge in [0.25, 0.3) is 0 Å². The molecular weight excluding hydrogens is 688 g/mol. The van der Waals surface area contributed by atoms with Gasteiger partial charge in [0.15, 0.2) is 0 Å². The monoisotopic (exact) mass is 734 g/mol. The van der Waals surface area contributed by atoms with Crippen molar-refractivity contribution in [3.05, 3.63) is 96.6 Å². The van der Waals surface area contributed by atoms with Crippen LogP contribution in [0.15, 0.2) is 91.0 Å². The van der Waals surface area contributed by atoms with Crippen molar-refractivity contribution in [1.29, 1.82) is 0 Å². The molecule has 54 heavy (non-hydrogen) atoms. The number of carboxylic acids is 1. The number of allylic oxidation sites excluding steroid dienone is 1. The van der Waals surface area contributed by atoms with E-state index in [2.05, 4.69) is 16.0 Å². The fourth-order valence-corrected chi connectivity index (χ4v) is 6.56. The third kappa shape index (κ3) is 8.99. The molecular formula is C42H46N4O8. The minimum atomic E-state index is -1.49. The molecule has 0 unspecified atom stereocenters. The van der Waals surface area contributed by atoms with E-state index in [1.807, 2.05) is 66.7 Å². The van der Waals surface area contributed by atoms with Crippen molar-refractivity contribution >= 4 is 34.8 Å². The molecule has 4 aromatic rings. The van der Waals surface area contributed by atoms with Crippen molar-refractivity contribution in [2.45, 2.75) is 82.5 Å². The van der Waals surface area contributed by atoms with Gasteiger partial charge in [0.1, 0.15) is 40.5 Å². The minimum absolute atomic E-state index is 0.234. The van der Waals surface area contributed by atoms with E-state index < -0.39 is 47.1 Å². The van der Waals surface area contributed by atoms with E-state index >= 15 is 0 Å². The molecule has 1 aliphatic carbocycles. The Hall–Kier alpha value is -5.91. The van der Waals surface area contributed by atoms with Crippen LogP contribution in [0, 0.1) is 5.92 Å². The van der Waals surface area contributed by atoms with Crippen molar-refractivity contribution in [1.82, 2.24) is 20.9 Å². The van der Waals surface area contributed by atoms with Crippen molar-refractivity contribution < 1.29 is 38.5 Å². The number of aliphatic carboxylic acids is 1.